The Morgan fingerprint density at radius 2 is 1.90 bits per heavy atom. The Labute approximate surface area is 130 Å². The van der Waals surface area contributed by atoms with E-state index in [1.54, 1.807) is 0 Å². The highest BCUT2D eigenvalue weighted by Gasteiger charge is 2.26. The molecule has 0 unspecified atom stereocenters. The van der Waals surface area contributed by atoms with Crippen LogP contribution in [-0.4, -0.2) is 18.0 Å². The van der Waals surface area contributed by atoms with Crippen molar-refractivity contribution in [1.29, 1.82) is 0 Å². The number of hydrogen-bond donors (Lipinski definition) is 2. The van der Waals surface area contributed by atoms with Gasteiger partial charge < -0.3 is 11.1 Å². The maximum absolute atomic E-state index is 13.5. The van der Waals surface area contributed by atoms with Gasteiger partial charge in [0, 0.05) is 13.0 Å². The molecule has 0 spiro atoms. The maximum atomic E-state index is 13.5. The molecule has 3 N–H and O–H groups in total. The van der Waals surface area contributed by atoms with Crippen molar-refractivity contribution in [2.75, 3.05) is 6.54 Å². The highest BCUT2D eigenvalue weighted by Crippen LogP contribution is 2.15. The van der Waals surface area contributed by atoms with Gasteiger partial charge >= 0.3 is 0 Å². The average molecular weight is 321 g/mol. The van der Waals surface area contributed by atoms with Crippen molar-refractivity contribution in [2.45, 2.75) is 45.1 Å². The molecule has 0 aliphatic heterocycles. The summed E-state index contributed by atoms with van der Waals surface area (Å²) in [5.41, 5.74) is 5.51. The lowest BCUT2D eigenvalue weighted by Gasteiger charge is -2.31. The van der Waals surface area contributed by atoms with Crippen LogP contribution in [0.4, 0.5) is 8.78 Å². The Kier molecular flexibility index (Phi) is 8.44. The van der Waals surface area contributed by atoms with Gasteiger partial charge in [-0.05, 0) is 30.9 Å². The van der Waals surface area contributed by atoms with E-state index in [1.165, 1.54) is 12.1 Å². The number of halogens is 3. The highest BCUT2D eigenvalue weighted by molar-refractivity contribution is 5.85. The number of carbonyl (C=O) groups is 1. The summed E-state index contributed by atoms with van der Waals surface area (Å²) in [6.45, 7) is 4.28. The molecule has 0 aromatic heterocycles. The van der Waals surface area contributed by atoms with Crippen molar-refractivity contribution in [3.05, 3.63) is 35.4 Å². The fraction of sp³-hybridized carbons (Fsp3) is 0.533. The highest BCUT2D eigenvalue weighted by atomic mass is 35.5. The first-order valence-corrected chi connectivity index (χ1v) is 6.92. The predicted molar refractivity (Wildman–Crippen MR) is 82.4 cm³/mol. The summed E-state index contributed by atoms with van der Waals surface area (Å²) in [5.74, 6) is -1.96. The normalized spacial score (nSPS) is 10.9. The summed E-state index contributed by atoms with van der Waals surface area (Å²) in [6.07, 6.45) is 1.76. The number of nitrogens with one attached hydrogen (secondary N) is 1. The smallest absolute Gasteiger partial charge is 0.220 e. The summed E-state index contributed by atoms with van der Waals surface area (Å²) in [5, 5.41) is 2.90. The van der Waals surface area contributed by atoms with Crippen molar-refractivity contribution in [3.8, 4) is 0 Å². The molecule has 1 aromatic rings. The molecule has 1 aromatic carbocycles. The van der Waals surface area contributed by atoms with Gasteiger partial charge in [-0.25, -0.2) is 8.78 Å². The second kappa shape index (κ2) is 8.95. The predicted octanol–water partition coefficient (Wildman–Crippen LogP) is 2.95. The van der Waals surface area contributed by atoms with Crippen LogP contribution in [0.1, 0.15) is 38.7 Å². The third-order valence-corrected chi connectivity index (χ3v) is 3.80. The Bertz CT molecular complexity index is 457. The molecular formula is C15H23ClF2N2O. The van der Waals surface area contributed by atoms with Crippen LogP contribution in [0.25, 0.3) is 0 Å². The third-order valence-electron chi connectivity index (χ3n) is 3.80. The second-order valence-corrected chi connectivity index (χ2v) is 4.95. The molecule has 0 heterocycles. The molecule has 120 valence electrons. The van der Waals surface area contributed by atoms with E-state index in [4.69, 9.17) is 5.73 Å². The lowest BCUT2D eigenvalue weighted by Crippen LogP contribution is -2.52. The summed E-state index contributed by atoms with van der Waals surface area (Å²) in [4.78, 5) is 11.9. The molecule has 0 aliphatic rings. The topological polar surface area (TPSA) is 55.1 Å². The minimum Gasteiger partial charge on any atom is -0.349 e. The van der Waals surface area contributed by atoms with Gasteiger partial charge in [-0.2, -0.15) is 0 Å². The van der Waals surface area contributed by atoms with Gasteiger partial charge in [-0.3, -0.25) is 4.79 Å². The molecule has 3 nitrogen and oxygen atoms in total. The van der Waals surface area contributed by atoms with E-state index in [0.29, 0.717) is 6.54 Å². The lowest BCUT2D eigenvalue weighted by molar-refractivity contribution is -0.123. The fourth-order valence-electron chi connectivity index (χ4n) is 2.11. The number of hydrogen-bond acceptors (Lipinski definition) is 2. The van der Waals surface area contributed by atoms with Crippen LogP contribution in [0.3, 0.4) is 0 Å². The Morgan fingerprint density at radius 1 is 1.29 bits per heavy atom. The number of rotatable bonds is 7. The zero-order valence-corrected chi connectivity index (χ0v) is 13.2. The van der Waals surface area contributed by atoms with E-state index in [0.717, 1.165) is 18.9 Å². The van der Waals surface area contributed by atoms with Crippen LogP contribution in [-0.2, 0) is 11.2 Å². The summed E-state index contributed by atoms with van der Waals surface area (Å²) < 4.78 is 26.5. The molecule has 0 fully saturated rings. The molecular weight excluding hydrogens is 298 g/mol. The Balaban J connectivity index is 0.00000400. The van der Waals surface area contributed by atoms with Crippen LogP contribution in [0.15, 0.2) is 18.2 Å². The Hall–Kier alpha value is -1.20. The lowest BCUT2D eigenvalue weighted by atomic mass is 9.92. The molecule has 0 saturated carbocycles. The monoisotopic (exact) mass is 320 g/mol. The van der Waals surface area contributed by atoms with Gasteiger partial charge in [-0.15, -0.1) is 12.4 Å². The van der Waals surface area contributed by atoms with Crippen molar-refractivity contribution in [2.24, 2.45) is 5.73 Å². The minimum atomic E-state index is -0.888. The first-order chi connectivity index (χ1) is 9.48. The van der Waals surface area contributed by atoms with Crippen LogP contribution in [0.5, 0.6) is 0 Å². The second-order valence-electron chi connectivity index (χ2n) is 4.95. The number of nitrogens with two attached hydrogens (primary N) is 1. The van der Waals surface area contributed by atoms with E-state index in [1.807, 2.05) is 13.8 Å². The van der Waals surface area contributed by atoms with Crippen molar-refractivity contribution in [1.82, 2.24) is 5.32 Å². The molecule has 21 heavy (non-hydrogen) atoms. The summed E-state index contributed by atoms with van der Waals surface area (Å²) in [6, 6.07) is 3.99. The summed E-state index contributed by atoms with van der Waals surface area (Å²) in [7, 11) is 0. The van der Waals surface area contributed by atoms with E-state index in [9.17, 15) is 13.6 Å². The Morgan fingerprint density at radius 3 is 2.43 bits per heavy atom. The van der Waals surface area contributed by atoms with Gasteiger partial charge in [0.1, 0.15) is 0 Å². The zero-order chi connectivity index (χ0) is 15.2. The quantitative estimate of drug-likeness (QED) is 0.811. The zero-order valence-electron chi connectivity index (χ0n) is 12.4. The maximum Gasteiger partial charge on any atom is 0.220 e. The van der Waals surface area contributed by atoms with Crippen LogP contribution in [0, 0.1) is 11.6 Å². The van der Waals surface area contributed by atoms with E-state index in [-0.39, 0.29) is 36.7 Å². The third kappa shape index (κ3) is 5.25. The SMILES string of the molecule is CCC(CC)(CN)NC(=O)CCc1cccc(F)c1F.Cl. The number of aryl methyl sites for hydroxylation is 1. The summed E-state index contributed by atoms with van der Waals surface area (Å²) >= 11 is 0. The fourth-order valence-corrected chi connectivity index (χ4v) is 2.11. The van der Waals surface area contributed by atoms with Gasteiger partial charge in [-0.1, -0.05) is 26.0 Å². The van der Waals surface area contributed by atoms with Gasteiger partial charge in [0.2, 0.25) is 5.91 Å². The van der Waals surface area contributed by atoms with Crippen LogP contribution in [0.2, 0.25) is 0 Å². The molecule has 0 aliphatic carbocycles. The number of benzene rings is 1. The first-order valence-electron chi connectivity index (χ1n) is 6.92. The van der Waals surface area contributed by atoms with Gasteiger partial charge in [0.05, 0.1) is 5.54 Å². The molecule has 0 saturated heterocycles. The van der Waals surface area contributed by atoms with E-state index >= 15 is 0 Å². The van der Waals surface area contributed by atoms with Gasteiger partial charge in [0.15, 0.2) is 11.6 Å². The largest absolute Gasteiger partial charge is 0.349 e. The van der Waals surface area contributed by atoms with E-state index in [2.05, 4.69) is 5.32 Å². The standard InChI is InChI=1S/C15H22F2N2O.ClH/c1-3-15(4-2,10-18)19-13(20)9-8-11-6-5-7-12(16)14(11)17;/h5-7H,3-4,8-10,18H2,1-2H3,(H,19,20);1H. The number of carbonyl (C=O) groups excluding carboxylic acids is 1. The van der Waals surface area contributed by atoms with Gasteiger partial charge in [0.25, 0.3) is 0 Å². The van der Waals surface area contributed by atoms with Crippen molar-refractivity contribution in [3.63, 3.8) is 0 Å². The van der Waals surface area contributed by atoms with Crippen molar-refractivity contribution >= 4 is 18.3 Å². The number of amides is 1. The van der Waals surface area contributed by atoms with E-state index < -0.39 is 17.2 Å². The van der Waals surface area contributed by atoms with Crippen molar-refractivity contribution < 1.29 is 13.6 Å². The first kappa shape index (κ1) is 19.8. The molecule has 0 bridgehead atoms. The minimum absolute atomic E-state index is 0. The molecule has 0 atom stereocenters. The van der Waals surface area contributed by atoms with Crippen LogP contribution < -0.4 is 11.1 Å². The molecule has 1 amide bonds. The van der Waals surface area contributed by atoms with Crippen LogP contribution >= 0.6 is 12.4 Å². The average Bonchev–Trinajstić information content (AvgIpc) is 2.46. The molecule has 6 heteroatoms. The molecule has 1 rings (SSSR count). The molecule has 0 radical (unpaired) electrons.